The minimum Gasteiger partial charge on any atom is -0.324 e. The van der Waals surface area contributed by atoms with E-state index in [1.165, 1.54) is 11.3 Å². The zero-order valence-electron chi connectivity index (χ0n) is 15.4. The molecule has 140 valence electrons. The van der Waals surface area contributed by atoms with Crippen molar-refractivity contribution >= 4 is 33.1 Å². The molecule has 7 heteroatoms. The fourth-order valence-corrected chi connectivity index (χ4v) is 3.83. The topological polar surface area (TPSA) is 76.9 Å². The number of anilines is 1. The van der Waals surface area contributed by atoms with E-state index in [0.29, 0.717) is 15.9 Å². The third-order valence-corrected chi connectivity index (χ3v) is 5.57. The second-order valence-corrected chi connectivity index (χ2v) is 7.60. The van der Waals surface area contributed by atoms with Crippen LogP contribution >= 0.6 is 11.3 Å². The maximum Gasteiger partial charge on any atom is 0.279 e. The van der Waals surface area contributed by atoms with Crippen molar-refractivity contribution in [1.29, 1.82) is 0 Å². The van der Waals surface area contributed by atoms with E-state index in [0.717, 1.165) is 20.7 Å². The molecule has 6 nitrogen and oxygen atoms in total. The molecule has 0 saturated heterocycles. The minimum absolute atomic E-state index is 0.321. The zero-order valence-corrected chi connectivity index (χ0v) is 16.2. The standard InChI is InChI=1S/C21H18N4O2S/c1-13-8-10-16(11-9-13)22-19(26)14(2)25-21(27)17-12-18(28-20(17)23-24-25)15-6-4-3-5-7-15/h3-12,14H,1-2H3,(H,22,26)/t14-/m1/s1. The van der Waals surface area contributed by atoms with E-state index in [1.807, 2.05) is 67.6 Å². The first-order valence-corrected chi connectivity index (χ1v) is 9.66. The largest absolute Gasteiger partial charge is 0.324 e. The Morgan fingerprint density at radius 3 is 2.54 bits per heavy atom. The van der Waals surface area contributed by atoms with Crippen molar-refractivity contribution in [3.05, 3.63) is 76.6 Å². The highest BCUT2D eigenvalue weighted by molar-refractivity contribution is 7.21. The van der Waals surface area contributed by atoms with E-state index in [1.54, 1.807) is 6.92 Å². The van der Waals surface area contributed by atoms with Gasteiger partial charge in [-0.1, -0.05) is 53.2 Å². The molecule has 0 fully saturated rings. The minimum atomic E-state index is -0.786. The van der Waals surface area contributed by atoms with Gasteiger partial charge in [-0.15, -0.1) is 16.4 Å². The molecule has 0 bridgehead atoms. The number of carbonyl (C=O) groups excluding carboxylic acids is 1. The van der Waals surface area contributed by atoms with Gasteiger partial charge in [-0.2, -0.15) is 4.68 Å². The Kier molecular flexibility index (Phi) is 4.75. The monoisotopic (exact) mass is 390 g/mol. The molecule has 0 saturated carbocycles. The molecule has 2 aromatic carbocycles. The van der Waals surface area contributed by atoms with Crippen LogP contribution in [0.2, 0.25) is 0 Å². The summed E-state index contributed by atoms with van der Waals surface area (Å²) in [5.41, 5.74) is 2.47. The molecular weight excluding hydrogens is 372 g/mol. The Hall–Kier alpha value is -3.32. The average Bonchev–Trinajstić information content (AvgIpc) is 3.15. The third-order valence-electron chi connectivity index (χ3n) is 4.51. The summed E-state index contributed by atoms with van der Waals surface area (Å²) in [6.07, 6.45) is 0. The van der Waals surface area contributed by atoms with Gasteiger partial charge >= 0.3 is 0 Å². The summed E-state index contributed by atoms with van der Waals surface area (Å²) in [6.45, 7) is 3.61. The highest BCUT2D eigenvalue weighted by Gasteiger charge is 2.20. The molecule has 2 heterocycles. The van der Waals surface area contributed by atoms with E-state index in [4.69, 9.17) is 0 Å². The van der Waals surface area contributed by atoms with Gasteiger partial charge in [-0.3, -0.25) is 9.59 Å². The molecule has 28 heavy (non-hydrogen) atoms. The summed E-state index contributed by atoms with van der Waals surface area (Å²) >= 11 is 1.41. The summed E-state index contributed by atoms with van der Waals surface area (Å²) in [6, 6.07) is 18.3. The molecular formula is C21H18N4O2S. The highest BCUT2D eigenvalue weighted by Crippen LogP contribution is 2.30. The molecule has 1 N–H and O–H groups in total. The van der Waals surface area contributed by atoms with Gasteiger partial charge in [0, 0.05) is 10.6 Å². The van der Waals surface area contributed by atoms with E-state index >= 15 is 0 Å². The quantitative estimate of drug-likeness (QED) is 0.571. The number of aromatic nitrogens is 3. The predicted octanol–water partition coefficient (Wildman–Crippen LogP) is 4.03. The van der Waals surface area contributed by atoms with Crippen molar-refractivity contribution in [3.63, 3.8) is 0 Å². The van der Waals surface area contributed by atoms with Gasteiger partial charge in [0.25, 0.3) is 5.56 Å². The lowest BCUT2D eigenvalue weighted by Crippen LogP contribution is -2.33. The number of aryl methyl sites for hydroxylation is 1. The van der Waals surface area contributed by atoms with Crippen molar-refractivity contribution in [3.8, 4) is 10.4 Å². The van der Waals surface area contributed by atoms with Gasteiger partial charge in [0.05, 0.1) is 5.39 Å². The molecule has 1 atom stereocenters. The molecule has 4 rings (SSSR count). The summed E-state index contributed by atoms with van der Waals surface area (Å²) in [4.78, 5) is 27.0. The number of rotatable bonds is 4. The average molecular weight is 390 g/mol. The van der Waals surface area contributed by atoms with Crippen molar-refractivity contribution < 1.29 is 4.79 Å². The van der Waals surface area contributed by atoms with Crippen LogP contribution in [0.1, 0.15) is 18.5 Å². The first-order valence-electron chi connectivity index (χ1n) is 8.85. The van der Waals surface area contributed by atoms with Crippen LogP contribution in [0.4, 0.5) is 5.69 Å². The van der Waals surface area contributed by atoms with Crippen LogP contribution in [0, 0.1) is 6.92 Å². The number of benzene rings is 2. The molecule has 1 amide bonds. The van der Waals surface area contributed by atoms with Gasteiger partial charge in [-0.05, 0) is 37.6 Å². The number of hydrogen-bond donors (Lipinski definition) is 1. The highest BCUT2D eigenvalue weighted by atomic mass is 32.1. The summed E-state index contributed by atoms with van der Waals surface area (Å²) in [5.74, 6) is -0.321. The second-order valence-electron chi connectivity index (χ2n) is 6.57. The molecule has 4 aromatic rings. The molecule has 0 aliphatic carbocycles. The molecule has 0 unspecified atom stereocenters. The first kappa shape index (κ1) is 18.1. The number of nitrogens with one attached hydrogen (secondary N) is 1. The number of fused-ring (bicyclic) bond motifs is 1. The maximum absolute atomic E-state index is 12.9. The Labute approximate surface area is 165 Å². The SMILES string of the molecule is Cc1ccc(NC(=O)[C@@H](C)n2nnc3sc(-c4ccccc4)cc3c2=O)cc1. The molecule has 0 radical (unpaired) electrons. The second kappa shape index (κ2) is 7.36. The smallest absolute Gasteiger partial charge is 0.279 e. The number of amides is 1. The Balaban J connectivity index is 1.64. The van der Waals surface area contributed by atoms with Crippen LogP contribution in [0.15, 0.2) is 65.5 Å². The van der Waals surface area contributed by atoms with Gasteiger partial charge in [0.1, 0.15) is 6.04 Å². The van der Waals surface area contributed by atoms with Crippen LogP contribution in [0.3, 0.4) is 0 Å². The number of carbonyl (C=O) groups is 1. The lowest BCUT2D eigenvalue weighted by atomic mass is 10.2. The van der Waals surface area contributed by atoms with E-state index in [2.05, 4.69) is 15.6 Å². The van der Waals surface area contributed by atoms with Gasteiger partial charge in [0.15, 0.2) is 4.83 Å². The normalized spacial score (nSPS) is 12.1. The Bertz CT molecular complexity index is 1200. The molecule has 0 aliphatic rings. The molecule has 0 aliphatic heterocycles. The Morgan fingerprint density at radius 2 is 1.82 bits per heavy atom. The van der Waals surface area contributed by atoms with Gasteiger partial charge in [-0.25, -0.2) is 0 Å². The van der Waals surface area contributed by atoms with E-state index < -0.39 is 6.04 Å². The summed E-state index contributed by atoms with van der Waals surface area (Å²) in [7, 11) is 0. The lowest BCUT2D eigenvalue weighted by molar-refractivity contribution is -0.119. The van der Waals surface area contributed by atoms with E-state index in [9.17, 15) is 9.59 Å². The van der Waals surface area contributed by atoms with Crippen LogP contribution in [-0.2, 0) is 4.79 Å². The van der Waals surface area contributed by atoms with Crippen LogP contribution < -0.4 is 10.9 Å². The van der Waals surface area contributed by atoms with Crippen LogP contribution in [0.25, 0.3) is 20.7 Å². The first-order chi connectivity index (χ1) is 13.5. The molecule has 0 spiro atoms. The number of thiophene rings is 1. The van der Waals surface area contributed by atoms with Gasteiger partial charge in [0.2, 0.25) is 5.91 Å². The van der Waals surface area contributed by atoms with Crippen LogP contribution in [0.5, 0.6) is 0 Å². The Morgan fingerprint density at radius 1 is 1.11 bits per heavy atom. The van der Waals surface area contributed by atoms with Gasteiger partial charge < -0.3 is 5.32 Å². The summed E-state index contributed by atoms with van der Waals surface area (Å²) in [5, 5.41) is 11.4. The van der Waals surface area contributed by atoms with E-state index in [-0.39, 0.29) is 11.5 Å². The lowest BCUT2D eigenvalue weighted by Gasteiger charge is -2.13. The number of nitrogens with zero attached hydrogens (tertiary/aromatic N) is 3. The predicted molar refractivity (Wildman–Crippen MR) is 112 cm³/mol. The van der Waals surface area contributed by atoms with Crippen molar-refractivity contribution in [2.24, 2.45) is 0 Å². The zero-order chi connectivity index (χ0) is 19.7. The third kappa shape index (κ3) is 3.44. The van der Waals surface area contributed by atoms with Crippen molar-refractivity contribution in [1.82, 2.24) is 15.0 Å². The number of hydrogen-bond acceptors (Lipinski definition) is 5. The summed E-state index contributed by atoms with van der Waals surface area (Å²) < 4.78 is 1.13. The van der Waals surface area contributed by atoms with Crippen molar-refractivity contribution in [2.45, 2.75) is 19.9 Å². The molecule has 2 aromatic heterocycles. The van der Waals surface area contributed by atoms with Crippen molar-refractivity contribution in [2.75, 3.05) is 5.32 Å². The maximum atomic E-state index is 12.9. The fourth-order valence-electron chi connectivity index (χ4n) is 2.85. The van der Waals surface area contributed by atoms with Crippen LogP contribution in [-0.4, -0.2) is 20.9 Å². The fraction of sp³-hybridized carbons (Fsp3) is 0.143.